The van der Waals surface area contributed by atoms with Crippen molar-refractivity contribution in [2.45, 2.75) is 87.9 Å². The molecule has 4 bridgehead atoms. The highest BCUT2D eigenvalue weighted by Gasteiger charge is 2.50. The van der Waals surface area contributed by atoms with Crippen LogP contribution >= 0.6 is 11.8 Å². The van der Waals surface area contributed by atoms with Crippen molar-refractivity contribution in [3.63, 3.8) is 0 Å². The van der Waals surface area contributed by atoms with Crippen LogP contribution in [0.25, 0.3) is 0 Å². The van der Waals surface area contributed by atoms with E-state index in [0.29, 0.717) is 25.2 Å². The fourth-order valence-corrected chi connectivity index (χ4v) is 5.17. The van der Waals surface area contributed by atoms with Gasteiger partial charge in [0.25, 0.3) is 0 Å². The zero-order valence-corrected chi connectivity index (χ0v) is 17.5. The molecule has 0 spiro atoms. The average molecular weight is 439 g/mol. The Hall–Kier alpha value is -0.0100. The van der Waals surface area contributed by atoms with E-state index in [-0.39, 0.29) is 12.0 Å². The van der Waals surface area contributed by atoms with Crippen molar-refractivity contribution in [3.8, 4) is 0 Å². The van der Waals surface area contributed by atoms with Crippen molar-refractivity contribution in [1.29, 1.82) is 0 Å². The summed E-state index contributed by atoms with van der Waals surface area (Å²) in [6, 6.07) is 0. The number of ether oxygens (including phenoxy) is 4. The van der Waals surface area contributed by atoms with E-state index in [1.165, 1.54) is 0 Å². The molecule has 10 atom stereocenters. The normalized spacial score (nSPS) is 46.6. The van der Waals surface area contributed by atoms with Gasteiger partial charge < -0.3 is 44.5 Å². The quantitative estimate of drug-likeness (QED) is 0.347. The lowest BCUT2D eigenvalue weighted by molar-refractivity contribution is -0.354. The molecule has 10 heteroatoms. The summed E-state index contributed by atoms with van der Waals surface area (Å²) in [5, 5.41) is 52.0. The van der Waals surface area contributed by atoms with Gasteiger partial charge in [-0.3, -0.25) is 0 Å². The molecular formula is C19H34O9S. The van der Waals surface area contributed by atoms with Gasteiger partial charge in [0.1, 0.15) is 30.5 Å². The minimum atomic E-state index is -1.41. The van der Waals surface area contributed by atoms with Gasteiger partial charge in [-0.25, -0.2) is 0 Å². The van der Waals surface area contributed by atoms with Crippen LogP contribution in [-0.4, -0.2) is 106 Å². The first kappa shape index (κ1) is 23.6. The molecule has 29 heavy (non-hydrogen) atoms. The largest absolute Gasteiger partial charge is 0.394 e. The Kier molecular flexibility index (Phi) is 9.00. The van der Waals surface area contributed by atoms with Crippen molar-refractivity contribution in [3.05, 3.63) is 0 Å². The van der Waals surface area contributed by atoms with Crippen LogP contribution in [0.1, 0.15) is 32.6 Å². The molecule has 6 rings (SSSR count). The molecule has 6 fully saturated rings. The highest BCUT2D eigenvalue weighted by Crippen LogP contribution is 2.35. The molecule has 5 N–H and O–H groups in total. The number of aliphatic hydroxyl groups excluding tert-OH is 5. The van der Waals surface area contributed by atoms with Crippen LogP contribution in [-0.2, 0) is 18.9 Å². The summed E-state index contributed by atoms with van der Waals surface area (Å²) in [5.74, 6) is 1.37. The second-order valence-electron chi connectivity index (χ2n) is 7.94. The Balaban J connectivity index is 1.83. The first-order chi connectivity index (χ1) is 14.0. The summed E-state index contributed by atoms with van der Waals surface area (Å²) in [6.07, 6.45) is -6.80. The molecule has 0 aliphatic carbocycles. The van der Waals surface area contributed by atoms with Gasteiger partial charge in [0.05, 0.1) is 18.8 Å². The lowest BCUT2D eigenvalue weighted by Gasteiger charge is -2.47. The Morgan fingerprint density at radius 3 is 2.31 bits per heavy atom. The zero-order valence-electron chi connectivity index (χ0n) is 16.7. The highest BCUT2D eigenvalue weighted by atomic mass is 32.2. The van der Waals surface area contributed by atoms with E-state index < -0.39 is 55.8 Å². The Bertz CT molecular complexity index is 496. The third-order valence-corrected chi connectivity index (χ3v) is 7.07. The van der Waals surface area contributed by atoms with E-state index >= 15 is 0 Å². The van der Waals surface area contributed by atoms with Crippen LogP contribution in [0.15, 0.2) is 0 Å². The van der Waals surface area contributed by atoms with Gasteiger partial charge in [0.15, 0.2) is 12.6 Å². The number of hydrogen-bond donors (Lipinski definition) is 5. The Morgan fingerprint density at radius 1 is 0.862 bits per heavy atom. The summed E-state index contributed by atoms with van der Waals surface area (Å²) < 4.78 is 23.0. The molecule has 6 aliphatic rings. The maximum atomic E-state index is 10.8. The van der Waals surface area contributed by atoms with Crippen molar-refractivity contribution in [1.82, 2.24) is 0 Å². The highest BCUT2D eigenvalue weighted by molar-refractivity contribution is 7.99. The van der Waals surface area contributed by atoms with E-state index in [1.54, 1.807) is 11.8 Å². The first-order valence-corrected chi connectivity index (χ1v) is 11.6. The van der Waals surface area contributed by atoms with Crippen molar-refractivity contribution in [2.75, 3.05) is 24.7 Å². The summed E-state index contributed by atoms with van der Waals surface area (Å²) in [5.41, 5.74) is 0. The van der Waals surface area contributed by atoms with Crippen LogP contribution in [0.5, 0.6) is 0 Å². The number of thioether (sulfide) groups is 1. The standard InChI is InChI=1S/C19H34O9S/c1-2-7-29-9-12-10-5-3-4-6-25-18-16(24)14(22)17(11(8-20)26-18)28-19(27-12)15(23)13(10)21/h10-24H,2-9H2,1H3/t10?,11?,12?,13?,14?,15?,16?,17?,18-,19+/m1/s1. The molecule has 6 heterocycles. The second-order valence-corrected chi connectivity index (χ2v) is 9.09. The molecule has 0 aromatic heterocycles. The molecular weight excluding hydrogens is 404 g/mol. The maximum Gasteiger partial charge on any atom is 0.186 e. The first-order valence-electron chi connectivity index (χ1n) is 10.5. The van der Waals surface area contributed by atoms with Gasteiger partial charge in [0.2, 0.25) is 0 Å². The molecule has 0 aromatic rings. The summed E-state index contributed by atoms with van der Waals surface area (Å²) >= 11 is 1.72. The summed E-state index contributed by atoms with van der Waals surface area (Å²) in [4.78, 5) is 0. The monoisotopic (exact) mass is 438 g/mol. The van der Waals surface area contributed by atoms with Crippen LogP contribution in [0.2, 0.25) is 0 Å². The van der Waals surface area contributed by atoms with Gasteiger partial charge in [-0.1, -0.05) is 13.3 Å². The second kappa shape index (κ2) is 11.0. The molecule has 6 aliphatic heterocycles. The Labute approximate surface area is 175 Å². The third kappa shape index (κ3) is 5.43. The van der Waals surface area contributed by atoms with Crippen molar-refractivity contribution in [2.24, 2.45) is 5.92 Å². The predicted octanol–water partition coefficient (Wildman–Crippen LogP) is -0.783. The third-order valence-electron chi connectivity index (χ3n) is 5.81. The molecule has 0 radical (unpaired) electrons. The number of rotatable bonds is 5. The van der Waals surface area contributed by atoms with Gasteiger partial charge in [-0.2, -0.15) is 11.8 Å². The van der Waals surface area contributed by atoms with Crippen LogP contribution in [0, 0.1) is 5.92 Å². The molecule has 9 nitrogen and oxygen atoms in total. The van der Waals surface area contributed by atoms with Gasteiger partial charge in [-0.15, -0.1) is 0 Å². The predicted molar refractivity (Wildman–Crippen MR) is 104 cm³/mol. The molecule has 0 saturated carbocycles. The maximum absolute atomic E-state index is 10.8. The van der Waals surface area contributed by atoms with Gasteiger partial charge >= 0.3 is 0 Å². The fraction of sp³-hybridized carbons (Fsp3) is 1.00. The SMILES string of the molecule is CCCSCC1O[C@H]2OC3C(CO)O[C@@H](OCCCCC1C(O)C2O)C(O)C3O. The van der Waals surface area contributed by atoms with Gasteiger partial charge in [-0.05, 0) is 25.0 Å². The zero-order chi connectivity index (χ0) is 21.0. The van der Waals surface area contributed by atoms with E-state index in [1.807, 2.05) is 0 Å². The lowest BCUT2D eigenvalue weighted by Crippen LogP contribution is -2.63. The van der Waals surface area contributed by atoms with E-state index in [4.69, 9.17) is 18.9 Å². The Morgan fingerprint density at radius 2 is 1.59 bits per heavy atom. The summed E-state index contributed by atoms with van der Waals surface area (Å²) in [6.45, 7) is 1.91. The molecule has 6 saturated heterocycles. The van der Waals surface area contributed by atoms with Crippen LogP contribution in [0.4, 0.5) is 0 Å². The van der Waals surface area contributed by atoms with Gasteiger partial charge in [0, 0.05) is 18.3 Å². The lowest BCUT2D eigenvalue weighted by atomic mass is 9.85. The molecule has 170 valence electrons. The number of aliphatic hydroxyl groups is 5. The van der Waals surface area contributed by atoms with Crippen LogP contribution in [0.3, 0.4) is 0 Å². The topological polar surface area (TPSA) is 138 Å². The molecule has 0 aromatic carbocycles. The van der Waals surface area contributed by atoms with E-state index in [9.17, 15) is 25.5 Å². The minimum absolute atomic E-state index is 0.241. The molecule has 0 amide bonds. The van der Waals surface area contributed by atoms with E-state index in [0.717, 1.165) is 18.6 Å². The van der Waals surface area contributed by atoms with Crippen molar-refractivity contribution >= 4 is 11.8 Å². The molecule has 8 unspecified atom stereocenters. The number of hydrogen-bond acceptors (Lipinski definition) is 10. The van der Waals surface area contributed by atoms with Crippen LogP contribution < -0.4 is 0 Å². The smallest absolute Gasteiger partial charge is 0.186 e. The average Bonchev–Trinajstić information content (AvgIpc) is 2.71. The summed E-state index contributed by atoms with van der Waals surface area (Å²) in [7, 11) is 0. The van der Waals surface area contributed by atoms with Crippen molar-refractivity contribution < 1.29 is 44.5 Å². The fourth-order valence-electron chi connectivity index (χ4n) is 4.16. The van der Waals surface area contributed by atoms with E-state index in [2.05, 4.69) is 6.92 Å². The minimum Gasteiger partial charge on any atom is -0.394 e.